The van der Waals surface area contributed by atoms with Gasteiger partial charge in [0.2, 0.25) is 0 Å². The lowest BCUT2D eigenvalue weighted by Crippen LogP contribution is -1.96. The fourth-order valence-corrected chi connectivity index (χ4v) is 1.56. The summed E-state index contributed by atoms with van der Waals surface area (Å²) in [7, 11) is 0. The maximum Gasteiger partial charge on any atom is 0.155 e. The summed E-state index contributed by atoms with van der Waals surface area (Å²) in [5.74, 6) is 6.84. The lowest BCUT2D eigenvalue weighted by Gasteiger charge is -2.00. The molecule has 1 aromatic heterocycles. The molecule has 1 heterocycles. The minimum absolute atomic E-state index is 0.260. The van der Waals surface area contributed by atoms with Crippen molar-refractivity contribution in [3.63, 3.8) is 0 Å². The van der Waals surface area contributed by atoms with Gasteiger partial charge < -0.3 is 9.63 Å². The van der Waals surface area contributed by atoms with E-state index in [9.17, 15) is 5.11 Å². The lowest BCUT2D eigenvalue weighted by atomic mass is 10.0. The van der Waals surface area contributed by atoms with Crippen molar-refractivity contribution in [2.75, 3.05) is 0 Å². The summed E-state index contributed by atoms with van der Waals surface area (Å²) in [4.78, 5) is 0. The van der Waals surface area contributed by atoms with E-state index in [2.05, 4.69) is 37.8 Å². The first-order chi connectivity index (χ1) is 8.06. The molecule has 0 spiro atoms. The number of aliphatic hydroxyl groups excluding tert-OH is 1. The molecular weight excluding hydrogens is 214 g/mol. The molecule has 0 amide bonds. The predicted octanol–water partition coefficient (Wildman–Crippen LogP) is 2.87. The fourth-order valence-electron chi connectivity index (χ4n) is 1.56. The molecule has 1 N–H and O–H groups in total. The molecule has 0 bridgehead atoms. The third-order valence-electron chi connectivity index (χ3n) is 2.49. The zero-order chi connectivity index (χ0) is 12.8. The van der Waals surface area contributed by atoms with Crippen molar-refractivity contribution in [2.45, 2.75) is 59.0 Å². The summed E-state index contributed by atoms with van der Waals surface area (Å²) < 4.78 is 5.35. The van der Waals surface area contributed by atoms with Gasteiger partial charge in [0.15, 0.2) is 5.76 Å². The normalized spacial score (nSPS) is 12.4. The van der Waals surface area contributed by atoms with Gasteiger partial charge in [-0.3, -0.25) is 0 Å². The molecule has 0 aliphatic rings. The Morgan fingerprint density at radius 3 is 2.59 bits per heavy atom. The third kappa shape index (κ3) is 3.90. The molecule has 1 rings (SSSR count). The van der Waals surface area contributed by atoms with Gasteiger partial charge >= 0.3 is 0 Å². The van der Waals surface area contributed by atoms with E-state index in [-0.39, 0.29) is 5.92 Å². The van der Waals surface area contributed by atoms with Gasteiger partial charge in [-0.1, -0.05) is 44.2 Å². The number of unbranched alkanes of at least 4 members (excludes halogenated alkanes) is 1. The average molecular weight is 235 g/mol. The minimum Gasteiger partial charge on any atom is -0.381 e. The molecule has 1 unspecified atom stereocenters. The Morgan fingerprint density at radius 2 is 2.06 bits per heavy atom. The average Bonchev–Trinajstić information content (AvgIpc) is 2.66. The molecular formula is C14H21NO2. The first-order valence-electron chi connectivity index (χ1n) is 6.24. The van der Waals surface area contributed by atoms with Crippen molar-refractivity contribution in [3.8, 4) is 11.8 Å². The van der Waals surface area contributed by atoms with Crippen LogP contribution < -0.4 is 0 Å². The van der Waals surface area contributed by atoms with Crippen LogP contribution in [0.3, 0.4) is 0 Å². The summed E-state index contributed by atoms with van der Waals surface area (Å²) in [5.41, 5.74) is 1.79. The van der Waals surface area contributed by atoms with E-state index in [1.807, 2.05) is 0 Å². The molecule has 0 aromatic carbocycles. The summed E-state index contributed by atoms with van der Waals surface area (Å²) in [6.07, 6.45) is 2.46. The highest BCUT2D eigenvalue weighted by Crippen LogP contribution is 2.22. The number of hydrogen-bond acceptors (Lipinski definition) is 3. The van der Waals surface area contributed by atoms with Gasteiger partial charge in [-0.2, -0.15) is 0 Å². The Kier molecular flexibility index (Phi) is 5.24. The zero-order valence-electron chi connectivity index (χ0n) is 11.1. The maximum absolute atomic E-state index is 9.22. The van der Waals surface area contributed by atoms with Crippen LogP contribution in [0.25, 0.3) is 0 Å². The highest BCUT2D eigenvalue weighted by Gasteiger charge is 2.16. The van der Waals surface area contributed by atoms with E-state index in [1.54, 1.807) is 6.92 Å². The predicted molar refractivity (Wildman–Crippen MR) is 67.8 cm³/mol. The molecule has 0 saturated heterocycles. The number of nitrogens with zero attached hydrogens (tertiary/aromatic N) is 1. The van der Waals surface area contributed by atoms with Crippen molar-refractivity contribution in [2.24, 2.45) is 0 Å². The Hall–Kier alpha value is -1.27. The summed E-state index contributed by atoms with van der Waals surface area (Å²) in [5, 5.41) is 13.3. The molecule has 0 aliphatic carbocycles. The van der Waals surface area contributed by atoms with E-state index < -0.39 is 6.10 Å². The number of aliphatic hydroxyl groups is 1. The monoisotopic (exact) mass is 235 g/mol. The standard InChI is InChI=1S/C14H21NO2/c1-5-6-7-13-12(9-8-11(4)16)14(10(2)3)17-15-13/h10-11,16H,5-7H2,1-4H3. The third-order valence-corrected chi connectivity index (χ3v) is 2.49. The van der Waals surface area contributed by atoms with E-state index >= 15 is 0 Å². The van der Waals surface area contributed by atoms with Gasteiger partial charge in [-0.25, -0.2) is 0 Å². The van der Waals surface area contributed by atoms with Crippen molar-refractivity contribution < 1.29 is 9.63 Å². The van der Waals surface area contributed by atoms with Gasteiger partial charge in [0, 0.05) is 5.92 Å². The largest absolute Gasteiger partial charge is 0.381 e. The van der Waals surface area contributed by atoms with Crippen LogP contribution in [0.4, 0.5) is 0 Å². The van der Waals surface area contributed by atoms with Gasteiger partial charge in [-0.05, 0) is 19.8 Å². The molecule has 94 valence electrons. The van der Waals surface area contributed by atoms with Crippen molar-refractivity contribution in [1.29, 1.82) is 0 Å². The first kappa shape index (κ1) is 13.8. The quantitative estimate of drug-likeness (QED) is 0.816. The van der Waals surface area contributed by atoms with Crippen molar-refractivity contribution in [3.05, 3.63) is 17.0 Å². The van der Waals surface area contributed by atoms with Gasteiger partial charge in [0.25, 0.3) is 0 Å². The number of hydrogen-bond donors (Lipinski definition) is 1. The molecule has 0 radical (unpaired) electrons. The van der Waals surface area contributed by atoms with E-state index in [0.717, 1.165) is 36.3 Å². The van der Waals surface area contributed by atoms with E-state index in [4.69, 9.17) is 4.52 Å². The zero-order valence-corrected chi connectivity index (χ0v) is 11.1. The highest BCUT2D eigenvalue weighted by molar-refractivity contribution is 5.42. The molecule has 3 heteroatoms. The molecule has 3 nitrogen and oxygen atoms in total. The fraction of sp³-hybridized carbons (Fsp3) is 0.643. The van der Waals surface area contributed by atoms with Gasteiger partial charge in [-0.15, -0.1) is 0 Å². The van der Waals surface area contributed by atoms with Crippen LogP contribution in [0, 0.1) is 11.8 Å². The molecule has 0 fully saturated rings. The SMILES string of the molecule is CCCCc1noc(C(C)C)c1C#CC(C)O. The Morgan fingerprint density at radius 1 is 1.35 bits per heavy atom. The van der Waals surface area contributed by atoms with E-state index in [0.29, 0.717) is 0 Å². The summed E-state index contributed by atoms with van der Waals surface area (Å²) >= 11 is 0. The number of rotatable bonds is 4. The molecule has 17 heavy (non-hydrogen) atoms. The van der Waals surface area contributed by atoms with Crippen molar-refractivity contribution in [1.82, 2.24) is 5.16 Å². The lowest BCUT2D eigenvalue weighted by molar-refractivity contribution is 0.253. The maximum atomic E-state index is 9.22. The summed E-state index contributed by atoms with van der Waals surface area (Å²) in [6.45, 7) is 7.90. The van der Waals surface area contributed by atoms with Crippen molar-refractivity contribution >= 4 is 0 Å². The molecule has 1 atom stereocenters. The van der Waals surface area contributed by atoms with Crippen LogP contribution >= 0.6 is 0 Å². The minimum atomic E-state index is -0.621. The number of aromatic nitrogens is 1. The second kappa shape index (κ2) is 6.46. The van der Waals surface area contributed by atoms with Crippen LogP contribution in [-0.4, -0.2) is 16.4 Å². The molecule has 0 saturated carbocycles. The second-order valence-corrected chi connectivity index (χ2v) is 4.57. The van der Waals surface area contributed by atoms with Crippen LogP contribution in [0.5, 0.6) is 0 Å². The van der Waals surface area contributed by atoms with Crippen LogP contribution in [0.1, 0.15) is 63.5 Å². The number of aryl methyl sites for hydroxylation is 1. The van der Waals surface area contributed by atoms with Crippen LogP contribution in [0.15, 0.2) is 4.52 Å². The smallest absolute Gasteiger partial charge is 0.155 e. The second-order valence-electron chi connectivity index (χ2n) is 4.57. The molecule has 1 aromatic rings. The Balaban J connectivity index is 3.03. The topological polar surface area (TPSA) is 46.3 Å². The van der Waals surface area contributed by atoms with Gasteiger partial charge in [0.1, 0.15) is 6.10 Å². The Labute approximate surface area is 103 Å². The van der Waals surface area contributed by atoms with Crippen LogP contribution in [-0.2, 0) is 6.42 Å². The Bertz CT molecular complexity index is 408. The summed E-state index contributed by atoms with van der Waals surface area (Å²) in [6, 6.07) is 0. The van der Waals surface area contributed by atoms with E-state index in [1.165, 1.54) is 0 Å². The van der Waals surface area contributed by atoms with Crippen LogP contribution in [0.2, 0.25) is 0 Å². The first-order valence-corrected chi connectivity index (χ1v) is 6.24. The molecule has 0 aliphatic heterocycles. The van der Waals surface area contributed by atoms with Gasteiger partial charge in [0.05, 0.1) is 11.3 Å². The highest BCUT2D eigenvalue weighted by atomic mass is 16.5.